The Morgan fingerprint density at radius 3 is 2.82 bits per heavy atom. The Bertz CT molecular complexity index is 1020. The molecule has 0 saturated carbocycles. The fraction of sp³-hybridized carbons (Fsp3) is 0.0588. The van der Waals surface area contributed by atoms with Gasteiger partial charge in [0.15, 0.2) is 0 Å². The normalized spacial score (nSPS) is 11.1. The Kier molecular flexibility index (Phi) is 2.94. The van der Waals surface area contributed by atoms with Crippen LogP contribution >= 0.6 is 11.3 Å². The first kappa shape index (κ1) is 13.0. The average Bonchev–Trinajstić information content (AvgIpc) is 2.97. The lowest BCUT2D eigenvalue weighted by atomic mass is 10.2. The first-order valence-corrected chi connectivity index (χ1v) is 7.59. The van der Waals surface area contributed by atoms with Gasteiger partial charge in [0.1, 0.15) is 16.3 Å². The minimum absolute atomic E-state index is 0.122. The van der Waals surface area contributed by atoms with E-state index in [1.807, 2.05) is 48.5 Å². The van der Waals surface area contributed by atoms with Gasteiger partial charge >= 0.3 is 0 Å². The largest absolute Gasteiger partial charge is 0.497 e. The van der Waals surface area contributed by atoms with Crippen LogP contribution in [-0.4, -0.2) is 12.1 Å². The van der Waals surface area contributed by atoms with Crippen molar-refractivity contribution in [1.82, 2.24) is 4.98 Å². The standard InChI is InChI=1S/C17H12N2O2S/c1-20-11-6-7-14-10(8-11)9-12(16(18)21-14)17-19-13-4-2-3-5-15(13)22-17/h2-9,18H,1H3. The van der Waals surface area contributed by atoms with Crippen molar-refractivity contribution in [3.63, 3.8) is 0 Å². The van der Waals surface area contributed by atoms with Gasteiger partial charge in [0.25, 0.3) is 0 Å². The van der Waals surface area contributed by atoms with Crippen molar-refractivity contribution in [2.75, 3.05) is 7.11 Å². The van der Waals surface area contributed by atoms with Crippen LogP contribution in [0.5, 0.6) is 5.75 Å². The SMILES string of the molecule is COc1ccc2oc(=N)c(-c3nc4ccccc4s3)cc2c1. The molecule has 4 aromatic rings. The summed E-state index contributed by atoms with van der Waals surface area (Å²) in [6.45, 7) is 0. The molecule has 2 aromatic heterocycles. The fourth-order valence-electron chi connectivity index (χ4n) is 2.39. The van der Waals surface area contributed by atoms with Gasteiger partial charge in [-0.2, -0.15) is 0 Å². The fourth-order valence-corrected chi connectivity index (χ4v) is 3.37. The molecule has 108 valence electrons. The third kappa shape index (κ3) is 2.07. The zero-order valence-electron chi connectivity index (χ0n) is 11.8. The summed E-state index contributed by atoms with van der Waals surface area (Å²) in [5, 5.41) is 9.82. The van der Waals surface area contributed by atoms with Crippen LogP contribution in [0.2, 0.25) is 0 Å². The van der Waals surface area contributed by atoms with Crippen LogP contribution in [0.25, 0.3) is 31.8 Å². The van der Waals surface area contributed by atoms with E-state index >= 15 is 0 Å². The number of rotatable bonds is 2. The van der Waals surface area contributed by atoms with Crippen LogP contribution in [0.15, 0.2) is 52.9 Å². The van der Waals surface area contributed by atoms with E-state index in [0.717, 1.165) is 26.4 Å². The van der Waals surface area contributed by atoms with E-state index in [9.17, 15) is 0 Å². The second kappa shape index (κ2) is 4.96. The molecule has 0 saturated heterocycles. The third-order valence-electron chi connectivity index (χ3n) is 3.50. The number of nitrogens with one attached hydrogen (secondary N) is 1. The Labute approximate surface area is 130 Å². The van der Waals surface area contributed by atoms with Gasteiger partial charge in [-0.1, -0.05) is 12.1 Å². The highest BCUT2D eigenvalue weighted by molar-refractivity contribution is 7.21. The summed E-state index contributed by atoms with van der Waals surface area (Å²) < 4.78 is 12.0. The van der Waals surface area contributed by atoms with E-state index < -0.39 is 0 Å². The number of para-hydroxylation sites is 1. The maximum Gasteiger partial charge on any atom is 0.222 e. The average molecular weight is 308 g/mol. The number of hydrogen-bond acceptors (Lipinski definition) is 5. The highest BCUT2D eigenvalue weighted by Gasteiger charge is 2.11. The van der Waals surface area contributed by atoms with Crippen molar-refractivity contribution in [2.45, 2.75) is 0 Å². The Morgan fingerprint density at radius 1 is 1.14 bits per heavy atom. The number of benzene rings is 2. The van der Waals surface area contributed by atoms with Crippen molar-refractivity contribution in [3.8, 4) is 16.3 Å². The maximum atomic E-state index is 8.13. The van der Waals surface area contributed by atoms with Crippen molar-refractivity contribution in [1.29, 1.82) is 5.41 Å². The van der Waals surface area contributed by atoms with Gasteiger partial charge in [0.2, 0.25) is 5.55 Å². The van der Waals surface area contributed by atoms with Gasteiger partial charge in [-0.3, -0.25) is 5.41 Å². The van der Waals surface area contributed by atoms with Crippen molar-refractivity contribution in [2.24, 2.45) is 0 Å². The van der Waals surface area contributed by atoms with Crippen molar-refractivity contribution < 1.29 is 9.15 Å². The van der Waals surface area contributed by atoms with E-state index in [4.69, 9.17) is 14.6 Å². The highest BCUT2D eigenvalue weighted by Crippen LogP contribution is 2.30. The van der Waals surface area contributed by atoms with Gasteiger partial charge in [-0.25, -0.2) is 4.98 Å². The molecule has 0 aliphatic carbocycles. The molecule has 2 aromatic carbocycles. The van der Waals surface area contributed by atoms with E-state index in [2.05, 4.69) is 4.98 Å². The molecule has 0 atom stereocenters. The van der Waals surface area contributed by atoms with E-state index in [0.29, 0.717) is 11.1 Å². The number of ether oxygens (including phenoxy) is 1. The lowest BCUT2D eigenvalue weighted by molar-refractivity contribution is 0.415. The van der Waals surface area contributed by atoms with E-state index in [1.54, 1.807) is 18.4 Å². The minimum Gasteiger partial charge on any atom is -0.497 e. The Hall–Kier alpha value is -2.66. The molecule has 0 fully saturated rings. The molecule has 4 rings (SSSR count). The first-order chi connectivity index (χ1) is 10.7. The summed E-state index contributed by atoms with van der Waals surface area (Å²) in [6, 6.07) is 15.4. The highest BCUT2D eigenvalue weighted by atomic mass is 32.1. The van der Waals surface area contributed by atoms with E-state index in [1.165, 1.54) is 0 Å². The predicted molar refractivity (Wildman–Crippen MR) is 87.2 cm³/mol. The van der Waals surface area contributed by atoms with Crippen LogP contribution in [0.3, 0.4) is 0 Å². The lowest BCUT2D eigenvalue weighted by Crippen LogP contribution is -2.02. The topological polar surface area (TPSA) is 59.1 Å². The van der Waals surface area contributed by atoms with Crippen LogP contribution in [-0.2, 0) is 0 Å². The first-order valence-electron chi connectivity index (χ1n) is 6.77. The summed E-state index contributed by atoms with van der Waals surface area (Å²) in [5.74, 6) is 0.760. The van der Waals surface area contributed by atoms with Gasteiger partial charge in [0, 0.05) is 5.39 Å². The molecule has 2 heterocycles. The number of methoxy groups -OCH3 is 1. The number of aromatic nitrogens is 1. The summed E-state index contributed by atoms with van der Waals surface area (Å²) in [4.78, 5) is 4.60. The zero-order valence-corrected chi connectivity index (χ0v) is 12.6. The van der Waals surface area contributed by atoms with Gasteiger partial charge in [-0.05, 0) is 36.4 Å². The maximum absolute atomic E-state index is 8.13. The number of thiazole rings is 1. The monoisotopic (exact) mass is 308 g/mol. The molecular weight excluding hydrogens is 296 g/mol. The molecule has 0 radical (unpaired) electrons. The molecule has 0 amide bonds. The molecule has 5 heteroatoms. The summed E-state index contributed by atoms with van der Waals surface area (Å²) in [6.07, 6.45) is 0. The number of nitrogens with zero attached hydrogens (tertiary/aromatic N) is 1. The van der Waals surface area contributed by atoms with Crippen molar-refractivity contribution >= 4 is 32.5 Å². The number of hydrogen-bond donors (Lipinski definition) is 1. The zero-order chi connectivity index (χ0) is 15.1. The van der Waals surface area contributed by atoms with E-state index in [-0.39, 0.29) is 5.55 Å². The summed E-state index contributed by atoms with van der Waals surface area (Å²) >= 11 is 1.56. The van der Waals surface area contributed by atoms with Crippen molar-refractivity contribution in [3.05, 3.63) is 54.1 Å². The van der Waals surface area contributed by atoms with Crippen LogP contribution in [0.4, 0.5) is 0 Å². The quantitative estimate of drug-likeness (QED) is 0.604. The van der Waals surface area contributed by atoms with Gasteiger partial charge < -0.3 is 9.15 Å². The number of fused-ring (bicyclic) bond motifs is 2. The predicted octanol–water partition coefficient (Wildman–Crippen LogP) is 4.20. The summed E-state index contributed by atoms with van der Waals surface area (Å²) in [5.41, 5.74) is 2.42. The Balaban J connectivity index is 1.96. The molecule has 1 N–H and O–H groups in total. The Morgan fingerprint density at radius 2 is 2.00 bits per heavy atom. The summed E-state index contributed by atoms with van der Waals surface area (Å²) in [7, 11) is 1.63. The molecule has 0 spiro atoms. The third-order valence-corrected chi connectivity index (χ3v) is 4.57. The molecule has 0 aliphatic heterocycles. The second-order valence-corrected chi connectivity index (χ2v) is 5.91. The molecule has 0 aliphatic rings. The second-order valence-electron chi connectivity index (χ2n) is 4.88. The van der Waals surface area contributed by atoms with Gasteiger partial charge in [-0.15, -0.1) is 11.3 Å². The minimum atomic E-state index is 0.122. The molecular formula is C17H12N2O2S. The molecule has 22 heavy (non-hydrogen) atoms. The van der Waals surface area contributed by atoms with Crippen LogP contribution < -0.4 is 10.3 Å². The molecule has 0 unspecified atom stereocenters. The lowest BCUT2D eigenvalue weighted by Gasteiger charge is -2.03. The molecule has 4 nitrogen and oxygen atoms in total. The van der Waals surface area contributed by atoms with Crippen LogP contribution in [0.1, 0.15) is 0 Å². The van der Waals surface area contributed by atoms with Gasteiger partial charge in [0.05, 0.1) is 22.9 Å². The van der Waals surface area contributed by atoms with Crippen LogP contribution in [0, 0.1) is 5.41 Å². The molecule has 0 bridgehead atoms. The smallest absolute Gasteiger partial charge is 0.222 e.